The van der Waals surface area contributed by atoms with Gasteiger partial charge in [0.15, 0.2) is 0 Å². The number of anilines is 1. The highest BCUT2D eigenvalue weighted by Gasteiger charge is 2.35. The van der Waals surface area contributed by atoms with E-state index in [1.807, 2.05) is 11.8 Å². The first-order chi connectivity index (χ1) is 7.28. The zero-order valence-corrected chi connectivity index (χ0v) is 9.47. The van der Waals surface area contributed by atoms with Crippen LogP contribution in [0.3, 0.4) is 0 Å². The van der Waals surface area contributed by atoms with E-state index in [-0.39, 0.29) is 4.75 Å². The van der Waals surface area contributed by atoms with Crippen LogP contribution in [0.2, 0.25) is 0 Å². The lowest BCUT2D eigenvalue weighted by Gasteiger charge is -2.38. The summed E-state index contributed by atoms with van der Waals surface area (Å²) in [6, 6.07) is 8.51. The molecular formula is C13H13NS. The van der Waals surface area contributed by atoms with Crippen LogP contribution in [-0.4, -0.2) is 4.75 Å². The minimum absolute atomic E-state index is 0.198. The summed E-state index contributed by atoms with van der Waals surface area (Å²) in [4.78, 5) is 1.35. The topological polar surface area (TPSA) is 12.0 Å². The van der Waals surface area contributed by atoms with Crippen molar-refractivity contribution in [3.63, 3.8) is 0 Å². The highest BCUT2D eigenvalue weighted by molar-refractivity contribution is 8.01. The standard InChI is InChI=1S/C13H13NS/c1-13-9-5-4-8-12(13)14-10-6-2-3-7-11(10)15-13/h2-8,14H,9H2,1H3. The molecule has 0 spiro atoms. The Kier molecular flexibility index (Phi) is 1.93. The molecule has 76 valence electrons. The van der Waals surface area contributed by atoms with Crippen molar-refractivity contribution in [2.75, 3.05) is 5.32 Å². The molecule has 1 N–H and O–H groups in total. The van der Waals surface area contributed by atoms with Gasteiger partial charge in [0.05, 0.1) is 10.4 Å². The molecule has 3 rings (SSSR count). The molecule has 0 fully saturated rings. The Labute approximate surface area is 94.3 Å². The molecule has 1 aromatic carbocycles. The predicted octanol–water partition coefficient (Wildman–Crippen LogP) is 3.81. The maximum absolute atomic E-state index is 3.53. The fraction of sp³-hybridized carbons (Fsp3) is 0.231. The molecule has 1 aromatic rings. The van der Waals surface area contributed by atoms with E-state index in [0.29, 0.717) is 0 Å². The Morgan fingerprint density at radius 2 is 2.20 bits per heavy atom. The molecule has 0 amide bonds. The summed E-state index contributed by atoms with van der Waals surface area (Å²) in [6.07, 6.45) is 7.67. The molecule has 0 bridgehead atoms. The molecule has 1 heterocycles. The fourth-order valence-corrected chi connectivity index (χ4v) is 3.33. The molecule has 0 radical (unpaired) electrons. The first-order valence-electron chi connectivity index (χ1n) is 5.20. The molecule has 1 atom stereocenters. The SMILES string of the molecule is CC12CC=CC=C1Nc1ccccc1S2. The molecule has 15 heavy (non-hydrogen) atoms. The van der Waals surface area contributed by atoms with E-state index in [1.54, 1.807) is 0 Å². The molecule has 2 aliphatic rings. The van der Waals surface area contributed by atoms with Crippen molar-refractivity contribution in [2.45, 2.75) is 23.0 Å². The summed E-state index contributed by atoms with van der Waals surface area (Å²) in [7, 11) is 0. The van der Waals surface area contributed by atoms with Crippen LogP contribution in [0.5, 0.6) is 0 Å². The van der Waals surface area contributed by atoms with Gasteiger partial charge in [-0.05, 0) is 31.6 Å². The lowest BCUT2D eigenvalue weighted by atomic mass is 9.97. The summed E-state index contributed by atoms with van der Waals surface area (Å²) in [5, 5.41) is 3.53. The van der Waals surface area contributed by atoms with E-state index in [2.05, 4.69) is 54.7 Å². The summed E-state index contributed by atoms with van der Waals surface area (Å²) < 4.78 is 0.198. The van der Waals surface area contributed by atoms with Gasteiger partial charge in [-0.2, -0.15) is 0 Å². The molecule has 0 saturated heterocycles. The van der Waals surface area contributed by atoms with Gasteiger partial charge < -0.3 is 5.32 Å². The first-order valence-corrected chi connectivity index (χ1v) is 6.02. The van der Waals surface area contributed by atoms with Gasteiger partial charge >= 0.3 is 0 Å². The first kappa shape index (κ1) is 9.10. The third-order valence-electron chi connectivity index (χ3n) is 2.97. The van der Waals surface area contributed by atoms with Crippen molar-refractivity contribution in [3.05, 3.63) is 48.2 Å². The second-order valence-corrected chi connectivity index (χ2v) is 5.71. The maximum Gasteiger partial charge on any atom is 0.0612 e. The van der Waals surface area contributed by atoms with Crippen molar-refractivity contribution in [1.29, 1.82) is 0 Å². The number of hydrogen-bond donors (Lipinski definition) is 1. The Balaban J connectivity index is 2.09. The fourth-order valence-electron chi connectivity index (χ4n) is 2.06. The quantitative estimate of drug-likeness (QED) is 0.706. The summed E-state index contributed by atoms with van der Waals surface area (Å²) in [5.41, 5.74) is 2.57. The van der Waals surface area contributed by atoms with Crippen LogP contribution in [0.25, 0.3) is 0 Å². The molecule has 1 aliphatic heterocycles. The molecule has 0 saturated carbocycles. The van der Waals surface area contributed by atoms with E-state index in [9.17, 15) is 0 Å². The summed E-state index contributed by atoms with van der Waals surface area (Å²) in [5.74, 6) is 0. The van der Waals surface area contributed by atoms with Crippen molar-refractivity contribution in [1.82, 2.24) is 0 Å². The van der Waals surface area contributed by atoms with Crippen LogP contribution in [0.4, 0.5) is 5.69 Å². The number of thioether (sulfide) groups is 1. The average Bonchev–Trinajstić information content (AvgIpc) is 2.25. The minimum atomic E-state index is 0.198. The van der Waals surface area contributed by atoms with Gasteiger partial charge in [0.2, 0.25) is 0 Å². The number of nitrogens with one attached hydrogen (secondary N) is 1. The maximum atomic E-state index is 3.53. The third-order valence-corrected chi connectivity index (χ3v) is 4.38. The van der Waals surface area contributed by atoms with Crippen molar-refractivity contribution < 1.29 is 0 Å². The number of hydrogen-bond acceptors (Lipinski definition) is 2. The largest absolute Gasteiger partial charge is 0.357 e. The zero-order chi connectivity index (χ0) is 10.3. The van der Waals surface area contributed by atoms with Gasteiger partial charge in [-0.15, -0.1) is 11.8 Å². The molecule has 1 nitrogen and oxygen atoms in total. The Bertz CT molecular complexity index is 461. The monoisotopic (exact) mass is 215 g/mol. The smallest absolute Gasteiger partial charge is 0.0612 e. The Morgan fingerprint density at radius 3 is 3.13 bits per heavy atom. The molecule has 1 unspecified atom stereocenters. The van der Waals surface area contributed by atoms with Gasteiger partial charge in [0.1, 0.15) is 0 Å². The van der Waals surface area contributed by atoms with Gasteiger partial charge in [-0.1, -0.05) is 24.3 Å². The number of para-hydroxylation sites is 1. The van der Waals surface area contributed by atoms with E-state index in [0.717, 1.165) is 6.42 Å². The van der Waals surface area contributed by atoms with Crippen LogP contribution in [0.1, 0.15) is 13.3 Å². The Hall–Kier alpha value is -1.15. The number of rotatable bonds is 0. The normalized spacial score (nSPS) is 27.4. The number of benzene rings is 1. The highest BCUT2D eigenvalue weighted by atomic mass is 32.2. The molecule has 1 aliphatic carbocycles. The van der Waals surface area contributed by atoms with Crippen LogP contribution >= 0.6 is 11.8 Å². The van der Waals surface area contributed by atoms with Gasteiger partial charge in [-0.3, -0.25) is 0 Å². The average molecular weight is 215 g/mol. The minimum Gasteiger partial charge on any atom is -0.357 e. The van der Waals surface area contributed by atoms with Gasteiger partial charge in [0, 0.05) is 10.6 Å². The lowest BCUT2D eigenvalue weighted by Crippen LogP contribution is -2.31. The predicted molar refractivity (Wildman–Crippen MR) is 66.2 cm³/mol. The van der Waals surface area contributed by atoms with E-state index >= 15 is 0 Å². The van der Waals surface area contributed by atoms with E-state index < -0.39 is 0 Å². The Morgan fingerprint density at radius 1 is 1.33 bits per heavy atom. The number of fused-ring (bicyclic) bond motifs is 2. The summed E-state index contributed by atoms with van der Waals surface area (Å²) >= 11 is 1.96. The lowest BCUT2D eigenvalue weighted by molar-refractivity contribution is 0.742. The molecular weight excluding hydrogens is 202 g/mol. The zero-order valence-electron chi connectivity index (χ0n) is 8.66. The van der Waals surface area contributed by atoms with Crippen molar-refractivity contribution in [3.8, 4) is 0 Å². The van der Waals surface area contributed by atoms with Crippen LogP contribution < -0.4 is 5.32 Å². The van der Waals surface area contributed by atoms with E-state index in [1.165, 1.54) is 16.3 Å². The van der Waals surface area contributed by atoms with Gasteiger partial charge in [-0.25, -0.2) is 0 Å². The summed E-state index contributed by atoms with van der Waals surface area (Å²) in [6.45, 7) is 2.30. The second-order valence-electron chi connectivity index (χ2n) is 4.17. The van der Waals surface area contributed by atoms with Gasteiger partial charge in [0.25, 0.3) is 0 Å². The van der Waals surface area contributed by atoms with Crippen molar-refractivity contribution >= 4 is 17.4 Å². The molecule has 0 aromatic heterocycles. The molecule has 2 heteroatoms. The second kappa shape index (κ2) is 3.17. The van der Waals surface area contributed by atoms with E-state index in [4.69, 9.17) is 0 Å². The highest BCUT2D eigenvalue weighted by Crippen LogP contribution is 2.49. The third kappa shape index (κ3) is 1.40. The van der Waals surface area contributed by atoms with Crippen LogP contribution in [0, 0.1) is 0 Å². The number of allylic oxidation sites excluding steroid dienone is 3. The van der Waals surface area contributed by atoms with Crippen LogP contribution in [-0.2, 0) is 0 Å². The van der Waals surface area contributed by atoms with Crippen molar-refractivity contribution in [2.24, 2.45) is 0 Å². The van der Waals surface area contributed by atoms with Crippen LogP contribution in [0.15, 0.2) is 53.1 Å².